The summed E-state index contributed by atoms with van der Waals surface area (Å²) in [7, 11) is -3.71. The second-order valence-corrected chi connectivity index (χ2v) is 4.90. The fourth-order valence-electron chi connectivity index (χ4n) is 1.14. The Labute approximate surface area is 88.2 Å². The highest BCUT2D eigenvalue weighted by atomic mass is 32.2. The second-order valence-electron chi connectivity index (χ2n) is 3.19. The standard InChI is InChI=1S/C7H14N2O5S/c1-6(7(10)11)8-15(12,13)9-2-4-14-5-3-9/h6,8H,2-5H2,1H3,(H,10,11). The van der Waals surface area contributed by atoms with E-state index >= 15 is 0 Å². The summed E-state index contributed by atoms with van der Waals surface area (Å²) in [5, 5.41) is 8.57. The SMILES string of the molecule is CC(NS(=O)(=O)N1CCOCC1)C(=O)O. The number of hydrogen-bond acceptors (Lipinski definition) is 4. The Hall–Kier alpha value is -0.700. The number of nitrogens with one attached hydrogen (secondary N) is 1. The Balaban J connectivity index is 2.61. The maximum atomic E-state index is 11.6. The molecule has 0 bridgehead atoms. The lowest BCUT2D eigenvalue weighted by Crippen LogP contribution is -2.50. The van der Waals surface area contributed by atoms with Crippen LogP contribution >= 0.6 is 0 Å². The van der Waals surface area contributed by atoms with Crippen LogP contribution in [0.25, 0.3) is 0 Å². The van der Waals surface area contributed by atoms with Gasteiger partial charge >= 0.3 is 5.97 Å². The number of carbonyl (C=O) groups is 1. The molecule has 0 aromatic rings. The quantitative estimate of drug-likeness (QED) is 0.629. The smallest absolute Gasteiger partial charge is 0.321 e. The molecule has 0 aliphatic carbocycles. The molecular weight excluding hydrogens is 224 g/mol. The van der Waals surface area contributed by atoms with Gasteiger partial charge in [0.05, 0.1) is 13.2 Å². The number of aliphatic carboxylic acids is 1. The van der Waals surface area contributed by atoms with Crippen molar-refractivity contribution in [3.05, 3.63) is 0 Å². The summed E-state index contributed by atoms with van der Waals surface area (Å²) in [5.41, 5.74) is 0. The molecular formula is C7H14N2O5S. The molecule has 1 fully saturated rings. The number of hydrogen-bond donors (Lipinski definition) is 2. The van der Waals surface area contributed by atoms with Crippen molar-refractivity contribution in [2.75, 3.05) is 26.3 Å². The van der Waals surface area contributed by atoms with Crippen LogP contribution in [-0.4, -0.2) is 56.1 Å². The number of carboxylic acid groups (broad SMARTS) is 1. The third-order valence-corrected chi connectivity index (χ3v) is 3.70. The molecule has 1 rings (SSSR count). The van der Waals surface area contributed by atoms with Gasteiger partial charge in [0.15, 0.2) is 0 Å². The Bertz CT molecular complexity index is 322. The van der Waals surface area contributed by atoms with Crippen molar-refractivity contribution in [2.24, 2.45) is 0 Å². The van der Waals surface area contributed by atoms with Gasteiger partial charge < -0.3 is 9.84 Å². The Morgan fingerprint density at radius 1 is 1.47 bits per heavy atom. The third kappa shape index (κ3) is 3.42. The first-order valence-corrected chi connectivity index (χ1v) is 5.95. The van der Waals surface area contributed by atoms with Crippen molar-refractivity contribution >= 4 is 16.2 Å². The summed E-state index contributed by atoms with van der Waals surface area (Å²) in [5.74, 6) is -1.20. The third-order valence-electron chi connectivity index (χ3n) is 2.01. The molecule has 15 heavy (non-hydrogen) atoms. The van der Waals surface area contributed by atoms with Crippen LogP contribution in [0, 0.1) is 0 Å². The van der Waals surface area contributed by atoms with E-state index in [-0.39, 0.29) is 13.1 Å². The van der Waals surface area contributed by atoms with E-state index in [2.05, 4.69) is 4.72 Å². The van der Waals surface area contributed by atoms with Gasteiger partial charge in [0.25, 0.3) is 10.2 Å². The molecule has 2 N–H and O–H groups in total. The number of morpholine rings is 1. The van der Waals surface area contributed by atoms with Crippen molar-refractivity contribution in [2.45, 2.75) is 13.0 Å². The number of rotatable bonds is 4. The van der Waals surface area contributed by atoms with Gasteiger partial charge in [-0.05, 0) is 6.92 Å². The first kappa shape index (κ1) is 12.4. The van der Waals surface area contributed by atoms with E-state index in [0.717, 1.165) is 0 Å². The molecule has 0 aromatic carbocycles. The number of ether oxygens (including phenoxy) is 1. The Morgan fingerprint density at radius 2 is 2.00 bits per heavy atom. The minimum absolute atomic E-state index is 0.252. The fourth-order valence-corrected chi connectivity index (χ4v) is 2.46. The van der Waals surface area contributed by atoms with E-state index in [1.165, 1.54) is 11.2 Å². The molecule has 0 saturated carbocycles. The molecule has 1 heterocycles. The topological polar surface area (TPSA) is 95.9 Å². The minimum atomic E-state index is -3.71. The fraction of sp³-hybridized carbons (Fsp3) is 0.857. The lowest BCUT2D eigenvalue weighted by molar-refractivity contribution is -0.138. The van der Waals surface area contributed by atoms with Crippen LogP contribution in [0.4, 0.5) is 0 Å². The Morgan fingerprint density at radius 3 is 2.47 bits per heavy atom. The predicted octanol–water partition coefficient (Wildman–Crippen LogP) is -1.37. The highest BCUT2D eigenvalue weighted by Gasteiger charge is 2.27. The van der Waals surface area contributed by atoms with Crippen LogP contribution in [-0.2, 0) is 19.7 Å². The molecule has 8 heteroatoms. The highest BCUT2D eigenvalue weighted by molar-refractivity contribution is 7.87. The van der Waals surface area contributed by atoms with Crippen LogP contribution in [0.2, 0.25) is 0 Å². The van der Waals surface area contributed by atoms with Gasteiger partial charge in [-0.3, -0.25) is 4.79 Å². The van der Waals surface area contributed by atoms with Gasteiger partial charge in [-0.15, -0.1) is 0 Å². The number of carboxylic acids is 1. The zero-order chi connectivity index (χ0) is 11.5. The van der Waals surface area contributed by atoms with Gasteiger partial charge in [0, 0.05) is 13.1 Å². The zero-order valence-electron chi connectivity index (χ0n) is 8.34. The van der Waals surface area contributed by atoms with Crippen molar-refractivity contribution in [1.29, 1.82) is 0 Å². The lowest BCUT2D eigenvalue weighted by Gasteiger charge is -2.26. The van der Waals surface area contributed by atoms with E-state index in [4.69, 9.17) is 9.84 Å². The molecule has 1 aliphatic heterocycles. The maximum Gasteiger partial charge on any atom is 0.321 e. The average molecular weight is 238 g/mol. The molecule has 0 spiro atoms. The van der Waals surface area contributed by atoms with Crippen molar-refractivity contribution < 1.29 is 23.1 Å². The molecule has 0 aromatic heterocycles. The average Bonchev–Trinajstić information content (AvgIpc) is 2.18. The van der Waals surface area contributed by atoms with E-state index in [0.29, 0.717) is 13.2 Å². The van der Waals surface area contributed by atoms with Crippen LogP contribution in [0.1, 0.15) is 6.92 Å². The van der Waals surface area contributed by atoms with Crippen LogP contribution in [0.3, 0.4) is 0 Å². The summed E-state index contributed by atoms with van der Waals surface area (Å²) in [6.45, 7) is 2.45. The van der Waals surface area contributed by atoms with E-state index in [9.17, 15) is 13.2 Å². The molecule has 0 radical (unpaired) electrons. The molecule has 1 unspecified atom stereocenters. The first-order valence-electron chi connectivity index (χ1n) is 4.51. The summed E-state index contributed by atoms with van der Waals surface area (Å²) >= 11 is 0. The van der Waals surface area contributed by atoms with Crippen molar-refractivity contribution in [1.82, 2.24) is 9.03 Å². The van der Waals surface area contributed by atoms with Gasteiger partial charge in [0.1, 0.15) is 6.04 Å². The zero-order valence-corrected chi connectivity index (χ0v) is 9.16. The monoisotopic (exact) mass is 238 g/mol. The molecule has 0 amide bonds. The minimum Gasteiger partial charge on any atom is -0.480 e. The van der Waals surface area contributed by atoms with Gasteiger partial charge in [-0.1, -0.05) is 0 Å². The largest absolute Gasteiger partial charge is 0.480 e. The summed E-state index contributed by atoms with van der Waals surface area (Å²) in [4.78, 5) is 10.5. The molecule has 88 valence electrons. The molecule has 7 nitrogen and oxygen atoms in total. The second kappa shape index (κ2) is 4.88. The van der Waals surface area contributed by atoms with Crippen LogP contribution < -0.4 is 4.72 Å². The van der Waals surface area contributed by atoms with Crippen LogP contribution in [0.5, 0.6) is 0 Å². The summed E-state index contributed by atoms with van der Waals surface area (Å²) in [6, 6.07) is -1.13. The summed E-state index contributed by atoms with van der Waals surface area (Å²) < 4.78 is 31.4. The van der Waals surface area contributed by atoms with E-state index in [1.807, 2.05) is 0 Å². The van der Waals surface area contributed by atoms with Crippen molar-refractivity contribution in [3.8, 4) is 0 Å². The van der Waals surface area contributed by atoms with Gasteiger partial charge in [0.2, 0.25) is 0 Å². The Kier molecular flexibility index (Phi) is 4.03. The predicted molar refractivity (Wildman–Crippen MR) is 51.5 cm³/mol. The van der Waals surface area contributed by atoms with Gasteiger partial charge in [-0.25, -0.2) is 0 Å². The normalized spacial score (nSPS) is 21.1. The first-order chi connectivity index (χ1) is 6.93. The molecule has 1 saturated heterocycles. The van der Waals surface area contributed by atoms with Crippen LogP contribution in [0.15, 0.2) is 0 Å². The summed E-state index contributed by atoms with van der Waals surface area (Å²) in [6.07, 6.45) is 0. The number of nitrogens with zero attached hydrogens (tertiary/aromatic N) is 1. The van der Waals surface area contributed by atoms with Gasteiger partial charge in [-0.2, -0.15) is 17.4 Å². The van der Waals surface area contributed by atoms with E-state index in [1.54, 1.807) is 0 Å². The van der Waals surface area contributed by atoms with Crippen molar-refractivity contribution in [3.63, 3.8) is 0 Å². The lowest BCUT2D eigenvalue weighted by atomic mass is 10.4. The maximum absolute atomic E-state index is 11.6. The van der Waals surface area contributed by atoms with E-state index < -0.39 is 22.2 Å². The highest BCUT2D eigenvalue weighted by Crippen LogP contribution is 2.03. The molecule has 1 atom stereocenters. The molecule has 1 aliphatic rings.